The van der Waals surface area contributed by atoms with E-state index in [9.17, 15) is 9.59 Å². The van der Waals surface area contributed by atoms with Crippen molar-refractivity contribution in [3.63, 3.8) is 0 Å². The van der Waals surface area contributed by atoms with E-state index in [1.807, 2.05) is 17.4 Å². The van der Waals surface area contributed by atoms with Crippen LogP contribution in [-0.2, 0) is 16.0 Å². The van der Waals surface area contributed by atoms with Crippen LogP contribution in [0, 0.1) is 0 Å². The number of allylic oxidation sites excluding steroid dienone is 2. The molecule has 36 heavy (non-hydrogen) atoms. The number of benzene rings is 2. The fraction of sp³-hybridized carbons (Fsp3) is 0.241. The van der Waals surface area contributed by atoms with Gasteiger partial charge >= 0.3 is 5.97 Å². The Balaban J connectivity index is 0.000000331. The number of aliphatic carboxylic acids is 1. The van der Waals surface area contributed by atoms with Gasteiger partial charge in [-0.25, -0.2) is 4.79 Å². The molecule has 2 aliphatic rings. The van der Waals surface area contributed by atoms with E-state index in [0.29, 0.717) is 0 Å². The first kappa shape index (κ1) is 25.4. The summed E-state index contributed by atoms with van der Waals surface area (Å²) in [6.07, 6.45) is 7.05. The average Bonchev–Trinajstić information content (AvgIpc) is 3.36. The number of carboxylic acids is 1. The van der Waals surface area contributed by atoms with Crippen molar-refractivity contribution in [2.75, 3.05) is 42.9 Å². The number of carboxylic acid groups (broad SMARTS) is 1. The van der Waals surface area contributed by atoms with Gasteiger partial charge < -0.3 is 15.3 Å². The van der Waals surface area contributed by atoms with Crippen LogP contribution in [0.15, 0.2) is 78.3 Å². The lowest BCUT2D eigenvalue weighted by molar-refractivity contribution is -0.131. The van der Waals surface area contributed by atoms with Crippen molar-refractivity contribution in [2.24, 2.45) is 0 Å². The standard InChI is InChI=1S/C24H25N3S.C5H6O3/c1-18-5-7-20-8-6-19(17-22(20)25-18)9-11-26-12-14-27(15-13-26)23-3-2-4-24-21(23)10-16-28-24;1-4(6)2-3-5(7)8/h2-8,10,16-17,25H,1,9,11-15H2;2-3H,1H3,(H,7,8)/b;3-2-. The van der Waals surface area contributed by atoms with Crippen LogP contribution in [-0.4, -0.2) is 54.5 Å². The van der Waals surface area contributed by atoms with Gasteiger partial charge in [-0.2, -0.15) is 0 Å². The molecule has 1 fully saturated rings. The minimum atomic E-state index is -1.10. The Kier molecular flexibility index (Phi) is 8.36. The summed E-state index contributed by atoms with van der Waals surface area (Å²) >= 11 is 1.83. The van der Waals surface area contributed by atoms with Crippen molar-refractivity contribution in [2.45, 2.75) is 13.3 Å². The van der Waals surface area contributed by atoms with E-state index in [0.717, 1.165) is 57.0 Å². The fourth-order valence-electron chi connectivity index (χ4n) is 4.36. The molecule has 1 saturated heterocycles. The Hall–Kier alpha value is -3.68. The topological polar surface area (TPSA) is 72.9 Å². The number of carbonyl (C=O) groups excluding carboxylic acids is 1. The molecule has 0 atom stereocenters. The summed E-state index contributed by atoms with van der Waals surface area (Å²) in [5.41, 5.74) is 6.17. The van der Waals surface area contributed by atoms with E-state index in [1.54, 1.807) is 0 Å². The summed E-state index contributed by atoms with van der Waals surface area (Å²) in [7, 11) is 0. The second kappa shape index (κ2) is 11.8. The predicted octanol–water partition coefficient (Wildman–Crippen LogP) is 5.43. The highest BCUT2D eigenvalue weighted by Crippen LogP contribution is 2.31. The molecule has 5 rings (SSSR count). The number of anilines is 2. The molecule has 6 nitrogen and oxygen atoms in total. The smallest absolute Gasteiger partial charge is 0.328 e. The van der Waals surface area contributed by atoms with Gasteiger partial charge in [-0.3, -0.25) is 9.69 Å². The number of thiophene rings is 1. The normalized spacial score (nSPS) is 15.4. The number of nitrogens with one attached hydrogen (secondary N) is 1. The van der Waals surface area contributed by atoms with E-state index in [4.69, 9.17) is 5.11 Å². The number of hydrogen-bond donors (Lipinski definition) is 2. The second-order valence-electron chi connectivity index (χ2n) is 8.88. The Morgan fingerprint density at radius 3 is 2.61 bits per heavy atom. The zero-order chi connectivity index (χ0) is 25.5. The molecule has 186 valence electrons. The summed E-state index contributed by atoms with van der Waals surface area (Å²) in [4.78, 5) is 24.8. The molecule has 1 aromatic heterocycles. The van der Waals surface area contributed by atoms with Crippen LogP contribution >= 0.6 is 11.3 Å². The number of ketones is 1. The molecule has 2 N–H and O–H groups in total. The molecule has 2 aromatic carbocycles. The highest BCUT2D eigenvalue weighted by Gasteiger charge is 2.19. The summed E-state index contributed by atoms with van der Waals surface area (Å²) in [5, 5.41) is 14.9. The maximum Gasteiger partial charge on any atom is 0.328 e. The molecule has 0 saturated carbocycles. The van der Waals surface area contributed by atoms with Crippen molar-refractivity contribution in [1.29, 1.82) is 0 Å². The monoisotopic (exact) mass is 501 g/mol. The number of rotatable bonds is 6. The zero-order valence-electron chi connectivity index (χ0n) is 20.4. The molecule has 2 aliphatic heterocycles. The third-order valence-corrected chi connectivity index (χ3v) is 7.12. The predicted molar refractivity (Wildman–Crippen MR) is 150 cm³/mol. The van der Waals surface area contributed by atoms with Gasteiger partial charge in [0.25, 0.3) is 0 Å². The number of carbonyl (C=O) groups is 2. The van der Waals surface area contributed by atoms with E-state index >= 15 is 0 Å². The summed E-state index contributed by atoms with van der Waals surface area (Å²) in [5.74, 6) is -1.35. The Labute approximate surface area is 215 Å². The van der Waals surface area contributed by atoms with Crippen LogP contribution in [0.4, 0.5) is 11.4 Å². The summed E-state index contributed by atoms with van der Waals surface area (Å²) in [6, 6.07) is 15.7. The summed E-state index contributed by atoms with van der Waals surface area (Å²) in [6.45, 7) is 10.9. The van der Waals surface area contributed by atoms with Gasteiger partial charge in [0.05, 0.1) is 0 Å². The molecule has 3 heterocycles. The summed E-state index contributed by atoms with van der Waals surface area (Å²) < 4.78 is 1.39. The molecule has 0 amide bonds. The van der Waals surface area contributed by atoms with Gasteiger partial charge in [-0.1, -0.05) is 30.9 Å². The van der Waals surface area contributed by atoms with Crippen LogP contribution in [0.2, 0.25) is 0 Å². The fourth-order valence-corrected chi connectivity index (χ4v) is 5.17. The molecule has 0 unspecified atom stereocenters. The lowest BCUT2D eigenvalue weighted by Crippen LogP contribution is -2.47. The molecular weight excluding hydrogens is 470 g/mol. The molecule has 0 spiro atoms. The number of fused-ring (bicyclic) bond motifs is 2. The first-order valence-electron chi connectivity index (χ1n) is 12.0. The van der Waals surface area contributed by atoms with Gasteiger partial charge in [0.1, 0.15) is 0 Å². The van der Waals surface area contributed by atoms with Crippen LogP contribution in [0.25, 0.3) is 16.2 Å². The lowest BCUT2D eigenvalue weighted by atomic mass is 10.0. The number of piperazine rings is 1. The van der Waals surface area contributed by atoms with Gasteiger partial charge in [0.2, 0.25) is 0 Å². The first-order valence-corrected chi connectivity index (χ1v) is 12.9. The van der Waals surface area contributed by atoms with Crippen LogP contribution in [0.1, 0.15) is 18.1 Å². The quantitative estimate of drug-likeness (QED) is 0.439. The van der Waals surface area contributed by atoms with E-state index in [-0.39, 0.29) is 5.78 Å². The minimum absolute atomic E-state index is 0.257. The van der Waals surface area contributed by atoms with Gasteiger partial charge in [-0.15, -0.1) is 11.3 Å². The first-order chi connectivity index (χ1) is 17.4. The Bertz CT molecular complexity index is 1300. The third-order valence-electron chi connectivity index (χ3n) is 6.24. The number of nitrogens with zero attached hydrogens (tertiary/aromatic N) is 2. The van der Waals surface area contributed by atoms with Crippen LogP contribution < -0.4 is 10.2 Å². The molecule has 0 bridgehead atoms. The average molecular weight is 502 g/mol. The van der Waals surface area contributed by atoms with E-state index in [1.165, 1.54) is 39.5 Å². The van der Waals surface area contributed by atoms with E-state index in [2.05, 4.69) is 75.6 Å². The van der Waals surface area contributed by atoms with Crippen LogP contribution in [0.5, 0.6) is 0 Å². The minimum Gasteiger partial charge on any atom is -0.478 e. The van der Waals surface area contributed by atoms with Gasteiger partial charge in [0.15, 0.2) is 5.78 Å². The highest BCUT2D eigenvalue weighted by molar-refractivity contribution is 7.17. The van der Waals surface area contributed by atoms with Crippen molar-refractivity contribution in [3.8, 4) is 0 Å². The van der Waals surface area contributed by atoms with Gasteiger partial charge in [-0.05, 0) is 66.3 Å². The SMILES string of the molecule is C=C1C=Cc2ccc(CCN3CCN(c4cccc5sccc45)CC3)cc2N1.CC(=O)/C=C\C(=O)O. The molecule has 7 heteroatoms. The van der Waals surface area contributed by atoms with Crippen molar-refractivity contribution in [3.05, 3.63) is 89.5 Å². The molecule has 0 aliphatic carbocycles. The zero-order valence-corrected chi connectivity index (χ0v) is 21.3. The Morgan fingerprint density at radius 2 is 1.89 bits per heavy atom. The Morgan fingerprint density at radius 1 is 1.08 bits per heavy atom. The van der Waals surface area contributed by atoms with Crippen molar-refractivity contribution < 1.29 is 14.7 Å². The van der Waals surface area contributed by atoms with Crippen LogP contribution in [0.3, 0.4) is 0 Å². The lowest BCUT2D eigenvalue weighted by Gasteiger charge is -2.36. The van der Waals surface area contributed by atoms with Crippen molar-refractivity contribution in [1.82, 2.24) is 4.90 Å². The molecular formula is C29H31N3O3S. The van der Waals surface area contributed by atoms with E-state index < -0.39 is 5.97 Å². The number of hydrogen-bond acceptors (Lipinski definition) is 6. The largest absolute Gasteiger partial charge is 0.478 e. The van der Waals surface area contributed by atoms with Crippen molar-refractivity contribution >= 4 is 50.6 Å². The van der Waals surface area contributed by atoms with Gasteiger partial charge in [0, 0.05) is 66.0 Å². The second-order valence-corrected chi connectivity index (χ2v) is 9.82. The third kappa shape index (κ3) is 6.71. The molecule has 0 radical (unpaired) electrons. The maximum atomic E-state index is 10.00. The molecule has 3 aromatic rings. The maximum absolute atomic E-state index is 10.00. The highest BCUT2D eigenvalue weighted by atomic mass is 32.1.